The lowest BCUT2D eigenvalue weighted by Crippen LogP contribution is -2.16. The molecule has 0 fully saturated rings. The number of hydrogen-bond acceptors (Lipinski definition) is 2. The molecule has 1 heterocycles. The van der Waals surface area contributed by atoms with Gasteiger partial charge in [-0.15, -0.1) is 0 Å². The maximum Gasteiger partial charge on any atom is 0.157 e. The van der Waals surface area contributed by atoms with E-state index in [2.05, 4.69) is 140 Å². The monoisotopic (exact) mass is 707 g/mol. The van der Waals surface area contributed by atoms with Crippen molar-refractivity contribution in [3.8, 4) is 44.5 Å². The van der Waals surface area contributed by atoms with Crippen LogP contribution in [0.15, 0.2) is 215 Å². The molecule has 0 aliphatic rings. The molecule has 1 aromatic heterocycles. The fraction of sp³-hybridized carbons (Fsp3) is 0.0196. The number of rotatable bonds is 8. The smallest absolute Gasteiger partial charge is 0.157 e. The number of aliphatic imine (C=N–C) groups is 2. The lowest BCUT2D eigenvalue weighted by Gasteiger charge is -2.14. The van der Waals surface area contributed by atoms with Crippen LogP contribution in [-0.2, 0) is 6.54 Å². The van der Waals surface area contributed by atoms with Crippen molar-refractivity contribution in [1.29, 1.82) is 0 Å². The number of furan rings is 1. The minimum absolute atomic E-state index is 0.370. The fourth-order valence-corrected chi connectivity index (χ4v) is 7.28. The molecule has 2 N–H and O–H groups in total. The lowest BCUT2D eigenvalue weighted by molar-refractivity contribution is 0.669. The molecule has 0 radical (unpaired) electrons. The Morgan fingerprint density at radius 3 is 1.62 bits per heavy atom. The summed E-state index contributed by atoms with van der Waals surface area (Å²) < 4.78 is 6.56. The highest BCUT2D eigenvalue weighted by atomic mass is 16.3. The first-order chi connectivity index (χ1) is 27.2. The van der Waals surface area contributed by atoms with Crippen LogP contribution in [0.5, 0.6) is 0 Å². The van der Waals surface area contributed by atoms with E-state index in [0.29, 0.717) is 18.2 Å². The van der Waals surface area contributed by atoms with Gasteiger partial charge in [-0.25, -0.2) is 4.99 Å². The zero-order valence-electron chi connectivity index (χ0n) is 30.1. The van der Waals surface area contributed by atoms with Gasteiger partial charge in [-0.3, -0.25) is 4.99 Å². The van der Waals surface area contributed by atoms with Crippen LogP contribution in [0, 0.1) is 0 Å². The van der Waals surface area contributed by atoms with Gasteiger partial charge in [0, 0.05) is 27.5 Å². The Hall–Kier alpha value is -7.30. The van der Waals surface area contributed by atoms with Gasteiger partial charge in [0.05, 0.1) is 6.54 Å². The molecule has 0 saturated carbocycles. The van der Waals surface area contributed by atoms with Crippen LogP contribution in [0.3, 0.4) is 0 Å². The maximum atomic E-state index is 6.85. The van der Waals surface area contributed by atoms with Gasteiger partial charge in [0.1, 0.15) is 17.0 Å². The summed E-state index contributed by atoms with van der Waals surface area (Å²) in [6.45, 7) is 0.370. The van der Waals surface area contributed by atoms with E-state index in [4.69, 9.17) is 20.1 Å². The molecule has 0 aliphatic carbocycles. The van der Waals surface area contributed by atoms with Crippen LogP contribution < -0.4 is 5.73 Å². The average molecular weight is 708 g/mol. The van der Waals surface area contributed by atoms with Crippen molar-refractivity contribution >= 4 is 33.6 Å². The number of amidine groups is 2. The van der Waals surface area contributed by atoms with E-state index in [1.54, 1.807) is 0 Å². The number of benzene rings is 8. The third-order valence-corrected chi connectivity index (χ3v) is 10.1. The first kappa shape index (κ1) is 33.5. The third-order valence-electron chi connectivity index (χ3n) is 10.1. The summed E-state index contributed by atoms with van der Waals surface area (Å²) in [6.07, 6.45) is 0. The number of hydrogen-bond donors (Lipinski definition) is 1. The second kappa shape index (κ2) is 15.0. The summed E-state index contributed by atoms with van der Waals surface area (Å²) >= 11 is 0. The predicted molar refractivity (Wildman–Crippen MR) is 229 cm³/mol. The second-order valence-electron chi connectivity index (χ2n) is 13.5. The molecular formula is C51H37N3O. The van der Waals surface area contributed by atoms with Crippen molar-refractivity contribution in [2.24, 2.45) is 15.7 Å². The van der Waals surface area contributed by atoms with Gasteiger partial charge in [-0.2, -0.15) is 0 Å². The fourth-order valence-electron chi connectivity index (χ4n) is 7.28. The van der Waals surface area contributed by atoms with Crippen LogP contribution in [0.1, 0.15) is 16.7 Å². The van der Waals surface area contributed by atoms with E-state index in [-0.39, 0.29) is 0 Å². The Morgan fingerprint density at radius 2 is 0.964 bits per heavy atom. The molecule has 0 atom stereocenters. The Kier molecular flexibility index (Phi) is 9.13. The van der Waals surface area contributed by atoms with E-state index in [1.165, 1.54) is 0 Å². The van der Waals surface area contributed by atoms with E-state index in [9.17, 15) is 0 Å². The van der Waals surface area contributed by atoms with Crippen LogP contribution in [0.2, 0.25) is 0 Å². The topological polar surface area (TPSA) is 63.9 Å². The molecule has 0 aliphatic heterocycles. The summed E-state index contributed by atoms with van der Waals surface area (Å²) in [5.41, 5.74) is 20.2. The highest BCUT2D eigenvalue weighted by molar-refractivity contribution is 6.13. The van der Waals surface area contributed by atoms with Gasteiger partial charge < -0.3 is 10.2 Å². The third kappa shape index (κ3) is 6.85. The molecule has 9 rings (SSSR count). The minimum Gasteiger partial charge on any atom is -0.455 e. The van der Waals surface area contributed by atoms with Gasteiger partial charge in [0.2, 0.25) is 0 Å². The lowest BCUT2D eigenvalue weighted by atomic mass is 9.92. The Labute approximate surface area is 320 Å². The molecule has 55 heavy (non-hydrogen) atoms. The molecule has 0 saturated heterocycles. The van der Waals surface area contributed by atoms with Gasteiger partial charge in [-0.05, 0) is 56.6 Å². The van der Waals surface area contributed by atoms with Crippen LogP contribution in [0.25, 0.3) is 66.4 Å². The van der Waals surface area contributed by atoms with Crippen LogP contribution in [-0.4, -0.2) is 11.7 Å². The predicted octanol–water partition coefficient (Wildman–Crippen LogP) is 12.6. The number of nitrogens with two attached hydrogens (primary N) is 1. The Balaban J connectivity index is 1.19. The summed E-state index contributed by atoms with van der Waals surface area (Å²) in [6, 6.07) is 68.8. The summed E-state index contributed by atoms with van der Waals surface area (Å²) in [4.78, 5) is 10.4. The molecule has 9 aromatic rings. The standard InChI is InChI=1S/C51H37N3O/c52-50(40-27-25-36(26-28-40)35-15-5-1-6-16-35)54-51(41-29-31-43(37-17-7-2-8-18-37)46(33-41)39-21-11-4-12-22-39)53-34-42-30-32-44(38-19-9-3-10-20-38)49-48(42)45-23-13-14-24-47(45)55-49/h1-33H,34H2,(H2,52,53,54). The van der Waals surface area contributed by atoms with Gasteiger partial charge in [0.15, 0.2) is 5.84 Å². The van der Waals surface area contributed by atoms with Crippen molar-refractivity contribution in [2.75, 3.05) is 0 Å². The minimum atomic E-state index is 0.370. The van der Waals surface area contributed by atoms with E-state index in [1.807, 2.05) is 60.7 Å². The highest BCUT2D eigenvalue weighted by Crippen LogP contribution is 2.39. The summed E-state index contributed by atoms with van der Waals surface area (Å²) in [7, 11) is 0. The van der Waals surface area contributed by atoms with E-state index < -0.39 is 0 Å². The van der Waals surface area contributed by atoms with Crippen LogP contribution >= 0.6 is 0 Å². The highest BCUT2D eigenvalue weighted by Gasteiger charge is 2.17. The van der Waals surface area contributed by atoms with Crippen molar-refractivity contribution in [3.05, 3.63) is 217 Å². The van der Waals surface area contributed by atoms with Crippen molar-refractivity contribution < 1.29 is 4.42 Å². The molecule has 0 bridgehead atoms. The molecule has 8 aromatic carbocycles. The largest absolute Gasteiger partial charge is 0.455 e. The van der Waals surface area contributed by atoms with Crippen LogP contribution in [0.4, 0.5) is 0 Å². The first-order valence-electron chi connectivity index (χ1n) is 18.5. The maximum absolute atomic E-state index is 6.85. The number of para-hydroxylation sites is 1. The Bertz CT molecular complexity index is 2810. The van der Waals surface area contributed by atoms with Crippen molar-refractivity contribution in [2.45, 2.75) is 6.54 Å². The molecule has 0 amide bonds. The number of nitrogens with zero attached hydrogens (tertiary/aromatic N) is 2. The molecule has 0 unspecified atom stereocenters. The number of fused-ring (bicyclic) bond motifs is 3. The quantitative estimate of drug-likeness (QED) is 0.126. The van der Waals surface area contributed by atoms with Gasteiger partial charge >= 0.3 is 0 Å². The summed E-state index contributed by atoms with van der Waals surface area (Å²) in [5, 5.41) is 2.11. The zero-order chi connectivity index (χ0) is 37.0. The molecule has 262 valence electrons. The molecule has 4 heteroatoms. The normalized spacial score (nSPS) is 12.0. The molecular weight excluding hydrogens is 671 g/mol. The second-order valence-corrected chi connectivity index (χ2v) is 13.5. The summed E-state index contributed by atoms with van der Waals surface area (Å²) in [5.74, 6) is 0.944. The first-order valence-corrected chi connectivity index (χ1v) is 18.5. The van der Waals surface area contributed by atoms with E-state index in [0.717, 1.165) is 83.1 Å². The average Bonchev–Trinajstić information content (AvgIpc) is 3.66. The molecule has 0 spiro atoms. The van der Waals surface area contributed by atoms with Gasteiger partial charge in [-0.1, -0.05) is 188 Å². The Morgan fingerprint density at radius 1 is 0.455 bits per heavy atom. The van der Waals surface area contributed by atoms with E-state index >= 15 is 0 Å². The van der Waals surface area contributed by atoms with Crippen molar-refractivity contribution in [3.63, 3.8) is 0 Å². The zero-order valence-corrected chi connectivity index (χ0v) is 30.1. The van der Waals surface area contributed by atoms with Crippen molar-refractivity contribution in [1.82, 2.24) is 0 Å². The van der Waals surface area contributed by atoms with Gasteiger partial charge in [0.25, 0.3) is 0 Å². The SMILES string of the molecule is NC(=NC(=NCc1ccc(-c2ccccc2)c2oc3ccccc3c12)c1ccc(-c2ccccc2)c(-c2ccccc2)c1)c1ccc(-c2ccccc2)cc1. The molecule has 4 nitrogen and oxygen atoms in total.